The molecule has 36 heavy (non-hydrogen) atoms. The highest BCUT2D eigenvalue weighted by molar-refractivity contribution is 7.89. The summed E-state index contributed by atoms with van der Waals surface area (Å²) in [5.74, 6) is -11.4. The molecule has 1 saturated carbocycles. The molecule has 5 rings (SSSR count). The van der Waals surface area contributed by atoms with Crippen LogP contribution in [0.25, 0.3) is 5.82 Å². The first-order chi connectivity index (χ1) is 17.2. The van der Waals surface area contributed by atoms with Crippen LogP contribution in [0.3, 0.4) is 0 Å². The number of hydrogen-bond donors (Lipinski definition) is 1. The second-order valence-electron chi connectivity index (χ2n) is 8.59. The number of aromatic nitrogens is 3. The second kappa shape index (κ2) is 9.41. The molecule has 2 fully saturated rings. The van der Waals surface area contributed by atoms with Crippen molar-refractivity contribution in [2.24, 2.45) is 0 Å². The van der Waals surface area contributed by atoms with Gasteiger partial charge in [0.2, 0.25) is 15.8 Å². The normalized spacial score (nSPS) is 16.7. The summed E-state index contributed by atoms with van der Waals surface area (Å²) in [5, 5.41) is 7.45. The Labute approximate surface area is 203 Å². The van der Waals surface area contributed by atoms with Crippen molar-refractivity contribution in [2.75, 3.05) is 31.1 Å². The molecular weight excluding hydrogens is 507 g/mol. The summed E-state index contributed by atoms with van der Waals surface area (Å²) in [6.07, 6.45) is 5.33. The zero-order valence-corrected chi connectivity index (χ0v) is 19.6. The summed E-state index contributed by atoms with van der Waals surface area (Å²) in [5.41, 5.74) is 1.30. The Morgan fingerprint density at radius 3 is 2.17 bits per heavy atom. The Kier molecular flexibility index (Phi) is 6.43. The quantitative estimate of drug-likeness (QED) is 0.289. The van der Waals surface area contributed by atoms with E-state index >= 15 is 0 Å². The molecule has 2 aromatic heterocycles. The summed E-state index contributed by atoms with van der Waals surface area (Å²) in [6.45, 7) is 3.07. The first-order valence-electron chi connectivity index (χ1n) is 11.2. The van der Waals surface area contributed by atoms with Crippen LogP contribution in [0, 0.1) is 29.1 Å². The summed E-state index contributed by atoms with van der Waals surface area (Å²) in [6, 6.07) is 3.00. The molecule has 0 amide bonds. The van der Waals surface area contributed by atoms with Crippen LogP contribution in [-0.4, -0.2) is 59.7 Å². The number of nitrogens with one attached hydrogen (secondary N) is 1. The van der Waals surface area contributed by atoms with Crippen molar-refractivity contribution >= 4 is 15.7 Å². The number of pyridine rings is 1. The van der Waals surface area contributed by atoms with Gasteiger partial charge in [-0.2, -0.15) is 9.40 Å². The van der Waals surface area contributed by atoms with Gasteiger partial charge >= 0.3 is 0 Å². The van der Waals surface area contributed by atoms with Crippen LogP contribution in [0.4, 0.5) is 27.6 Å². The first-order valence-corrected chi connectivity index (χ1v) is 12.6. The van der Waals surface area contributed by atoms with Gasteiger partial charge in [-0.3, -0.25) is 0 Å². The van der Waals surface area contributed by atoms with Crippen LogP contribution in [0.5, 0.6) is 0 Å². The predicted molar refractivity (Wildman–Crippen MR) is 118 cm³/mol. The number of nitrogens with zero attached hydrogens (tertiary/aromatic N) is 5. The number of rotatable bonds is 7. The summed E-state index contributed by atoms with van der Waals surface area (Å²) in [7, 11) is -5.06. The first kappa shape index (κ1) is 24.6. The molecule has 2 aliphatic rings. The van der Waals surface area contributed by atoms with Crippen LogP contribution in [0.1, 0.15) is 18.4 Å². The topological polar surface area (TPSA) is 83.4 Å². The molecule has 0 bridgehead atoms. The maximum absolute atomic E-state index is 14.3. The number of hydrogen-bond acceptors (Lipinski definition) is 6. The van der Waals surface area contributed by atoms with E-state index in [1.54, 1.807) is 12.3 Å². The lowest BCUT2D eigenvalue weighted by molar-refractivity contribution is 0.346. The Morgan fingerprint density at radius 2 is 1.58 bits per heavy atom. The molecule has 0 unspecified atom stereocenters. The van der Waals surface area contributed by atoms with Crippen LogP contribution >= 0.6 is 0 Å². The van der Waals surface area contributed by atoms with E-state index < -0.39 is 50.0 Å². The van der Waals surface area contributed by atoms with Crippen molar-refractivity contribution < 1.29 is 30.4 Å². The zero-order valence-electron chi connectivity index (χ0n) is 18.8. The van der Waals surface area contributed by atoms with Crippen molar-refractivity contribution in [3.05, 3.63) is 65.4 Å². The fourth-order valence-electron chi connectivity index (χ4n) is 4.07. The molecule has 3 aromatic rings. The minimum Gasteiger partial charge on any atom is -0.368 e. The summed E-state index contributed by atoms with van der Waals surface area (Å²) in [4.78, 5) is 4.72. The van der Waals surface area contributed by atoms with Crippen LogP contribution < -0.4 is 10.2 Å². The van der Waals surface area contributed by atoms with Crippen LogP contribution in [-0.2, 0) is 16.6 Å². The Hall–Kier alpha value is -3.10. The maximum Gasteiger partial charge on any atom is 0.249 e. The molecule has 0 spiro atoms. The number of anilines is 1. The number of sulfonamides is 1. The van der Waals surface area contributed by atoms with Gasteiger partial charge in [0.1, 0.15) is 0 Å². The molecular formula is C22H21F5N6O2S. The molecule has 1 aliphatic carbocycles. The molecule has 0 radical (unpaired) electrons. The van der Waals surface area contributed by atoms with Gasteiger partial charge in [-0.25, -0.2) is 40.0 Å². The van der Waals surface area contributed by atoms with E-state index in [2.05, 4.69) is 20.3 Å². The third-order valence-electron chi connectivity index (χ3n) is 6.11. The molecule has 1 N–H and O–H groups in total. The predicted octanol–water partition coefficient (Wildman–Crippen LogP) is 2.73. The average molecular weight is 529 g/mol. The summed E-state index contributed by atoms with van der Waals surface area (Å²) >= 11 is 0. The van der Waals surface area contributed by atoms with Gasteiger partial charge in [-0.1, -0.05) is 0 Å². The highest BCUT2D eigenvalue weighted by atomic mass is 32.2. The fourth-order valence-corrected chi connectivity index (χ4v) is 5.86. The SMILES string of the molecule is O=S(=O)(c1c(F)c(F)c(F)c(F)c1F)N(Cc1cnn(-c2ccc(N3CCNCC3)cn2)c1)C1CC1. The Balaban J connectivity index is 1.40. The lowest BCUT2D eigenvalue weighted by Gasteiger charge is -2.29. The second-order valence-corrected chi connectivity index (χ2v) is 10.4. The highest BCUT2D eigenvalue weighted by Crippen LogP contribution is 2.36. The fraction of sp³-hybridized carbons (Fsp3) is 0.364. The molecule has 192 valence electrons. The lowest BCUT2D eigenvalue weighted by Crippen LogP contribution is -2.43. The van der Waals surface area contributed by atoms with E-state index in [0.717, 1.165) is 36.2 Å². The highest BCUT2D eigenvalue weighted by Gasteiger charge is 2.43. The van der Waals surface area contributed by atoms with E-state index in [9.17, 15) is 30.4 Å². The Morgan fingerprint density at radius 1 is 0.944 bits per heavy atom. The summed E-state index contributed by atoms with van der Waals surface area (Å²) < 4.78 is 97.8. The molecule has 0 atom stereocenters. The Bertz CT molecular complexity index is 1360. The van der Waals surface area contributed by atoms with E-state index in [4.69, 9.17) is 0 Å². The average Bonchev–Trinajstić information content (AvgIpc) is 3.62. The van der Waals surface area contributed by atoms with Crippen LogP contribution in [0.15, 0.2) is 35.6 Å². The molecule has 14 heteroatoms. The van der Waals surface area contributed by atoms with Gasteiger partial charge in [0.25, 0.3) is 0 Å². The largest absolute Gasteiger partial charge is 0.368 e. The molecule has 1 saturated heterocycles. The van der Waals surface area contributed by atoms with Gasteiger partial charge in [-0.15, -0.1) is 0 Å². The third-order valence-corrected chi connectivity index (χ3v) is 8.03. The van der Waals surface area contributed by atoms with E-state index in [0.29, 0.717) is 24.2 Å². The molecule has 8 nitrogen and oxygen atoms in total. The van der Waals surface area contributed by atoms with Crippen molar-refractivity contribution in [2.45, 2.75) is 30.3 Å². The number of halogens is 5. The number of piperazine rings is 1. The van der Waals surface area contributed by atoms with Crippen molar-refractivity contribution in [3.63, 3.8) is 0 Å². The molecule has 1 aliphatic heterocycles. The van der Waals surface area contributed by atoms with Gasteiger partial charge in [-0.05, 0) is 25.0 Å². The lowest BCUT2D eigenvalue weighted by atomic mass is 10.3. The van der Waals surface area contributed by atoms with Gasteiger partial charge in [0, 0.05) is 50.5 Å². The zero-order chi connectivity index (χ0) is 25.6. The van der Waals surface area contributed by atoms with E-state index in [1.165, 1.54) is 17.1 Å². The molecule has 3 heterocycles. The van der Waals surface area contributed by atoms with Crippen molar-refractivity contribution in [1.82, 2.24) is 24.4 Å². The minimum atomic E-state index is -5.06. The van der Waals surface area contributed by atoms with Crippen LogP contribution in [0.2, 0.25) is 0 Å². The third kappa shape index (κ3) is 4.44. The van der Waals surface area contributed by atoms with E-state index in [-0.39, 0.29) is 6.54 Å². The smallest absolute Gasteiger partial charge is 0.249 e. The van der Waals surface area contributed by atoms with Gasteiger partial charge in [0.15, 0.2) is 34.0 Å². The van der Waals surface area contributed by atoms with Gasteiger partial charge < -0.3 is 10.2 Å². The molecule has 1 aromatic carbocycles. The number of benzene rings is 1. The maximum atomic E-state index is 14.3. The van der Waals surface area contributed by atoms with Crippen molar-refractivity contribution in [3.8, 4) is 5.82 Å². The van der Waals surface area contributed by atoms with Gasteiger partial charge in [0.05, 0.1) is 18.1 Å². The van der Waals surface area contributed by atoms with Crippen molar-refractivity contribution in [1.29, 1.82) is 0 Å². The standard InChI is InChI=1S/C22H21F5N6O2S/c23-17-18(24)20(26)22(21(27)19(17)25)36(34,35)33(14-1-2-14)12-13-9-30-32(11-13)16-4-3-15(10-29-16)31-7-5-28-6-8-31/h3-4,9-11,14,28H,1-2,5-8,12H2. The minimum absolute atomic E-state index is 0.349. The van der Waals surface area contributed by atoms with E-state index in [1.807, 2.05) is 6.07 Å². The monoisotopic (exact) mass is 528 g/mol.